The van der Waals surface area contributed by atoms with Crippen molar-refractivity contribution in [3.05, 3.63) is 21.9 Å². The van der Waals surface area contributed by atoms with E-state index in [1.807, 2.05) is 0 Å². The molecule has 17 heavy (non-hydrogen) atoms. The van der Waals surface area contributed by atoms with Gasteiger partial charge >= 0.3 is 0 Å². The number of fused-ring (bicyclic) bond motifs is 1. The van der Waals surface area contributed by atoms with Crippen LogP contribution in [0, 0.1) is 5.82 Å². The molecule has 0 aliphatic carbocycles. The first kappa shape index (κ1) is 12.3. The highest BCUT2D eigenvalue weighted by Crippen LogP contribution is 2.39. The summed E-state index contributed by atoms with van der Waals surface area (Å²) in [4.78, 5) is 11.8. The van der Waals surface area contributed by atoms with Gasteiger partial charge in [-0.05, 0) is 23.0 Å². The molecule has 0 radical (unpaired) electrons. The number of hydrogen-bond donors (Lipinski definition) is 1. The number of carbonyl (C=O) groups excluding carboxylic acids is 1. The molecule has 1 aromatic rings. The lowest BCUT2D eigenvalue weighted by Gasteiger charge is -2.21. The first-order chi connectivity index (χ1) is 8.15. The van der Waals surface area contributed by atoms with Crippen LogP contribution in [-0.2, 0) is 0 Å². The number of hydrogen-bond acceptors (Lipinski definition) is 4. The minimum absolute atomic E-state index is 0.0448. The average Bonchev–Trinajstić information content (AvgIpc) is 2.31. The minimum Gasteiger partial charge on any atom is -0.486 e. The molecule has 0 aromatic heterocycles. The highest BCUT2D eigenvalue weighted by molar-refractivity contribution is 9.10. The number of ether oxygens (including phenoxy) is 2. The van der Waals surface area contributed by atoms with Gasteiger partial charge in [-0.25, -0.2) is 4.39 Å². The molecule has 6 heteroatoms. The van der Waals surface area contributed by atoms with Gasteiger partial charge < -0.3 is 14.8 Å². The molecule has 0 atom stereocenters. The van der Waals surface area contributed by atoms with Gasteiger partial charge in [-0.3, -0.25) is 4.79 Å². The van der Waals surface area contributed by atoms with E-state index >= 15 is 0 Å². The lowest BCUT2D eigenvalue weighted by atomic mass is 10.1. The first-order valence-corrected chi connectivity index (χ1v) is 5.90. The van der Waals surface area contributed by atoms with E-state index in [0.717, 1.165) is 0 Å². The Morgan fingerprint density at radius 3 is 2.94 bits per heavy atom. The Kier molecular flexibility index (Phi) is 3.63. The van der Waals surface area contributed by atoms with Crippen LogP contribution in [0.3, 0.4) is 0 Å². The molecule has 0 spiro atoms. The zero-order valence-electron chi connectivity index (χ0n) is 9.18. The van der Waals surface area contributed by atoms with Crippen LogP contribution in [0.25, 0.3) is 0 Å². The second-order valence-electron chi connectivity index (χ2n) is 3.53. The second-order valence-corrected chi connectivity index (χ2v) is 4.38. The predicted octanol–water partition coefficient (Wildman–Crippen LogP) is 1.76. The number of benzene rings is 1. The standard InChI is InChI=1S/C11H11BrFNO3/c1-14-5-7(15)9-10(13)6(12)4-8-11(9)17-3-2-16-8/h4,14H,2-3,5H2,1H3. The fraction of sp³-hybridized carbons (Fsp3) is 0.364. The van der Waals surface area contributed by atoms with E-state index in [1.165, 1.54) is 6.07 Å². The molecule has 1 aliphatic rings. The summed E-state index contributed by atoms with van der Waals surface area (Å²) in [5, 5.41) is 2.69. The molecule has 1 aromatic carbocycles. The largest absolute Gasteiger partial charge is 0.486 e. The Balaban J connectivity index is 2.54. The minimum atomic E-state index is -0.616. The molecular formula is C11H11BrFNO3. The Morgan fingerprint density at radius 2 is 2.24 bits per heavy atom. The molecule has 1 heterocycles. The Morgan fingerprint density at radius 1 is 1.53 bits per heavy atom. The molecular weight excluding hydrogens is 293 g/mol. The van der Waals surface area contributed by atoms with E-state index in [0.29, 0.717) is 19.0 Å². The smallest absolute Gasteiger partial charge is 0.183 e. The summed E-state index contributed by atoms with van der Waals surface area (Å²) in [5.41, 5.74) is -0.0663. The van der Waals surface area contributed by atoms with Crippen LogP contribution in [0.1, 0.15) is 10.4 Å². The number of ketones is 1. The molecule has 0 fully saturated rings. The van der Waals surface area contributed by atoms with Gasteiger partial charge in [0.2, 0.25) is 0 Å². The summed E-state index contributed by atoms with van der Waals surface area (Å²) in [5.74, 6) is -0.399. The number of halogens is 2. The van der Waals surface area contributed by atoms with E-state index in [4.69, 9.17) is 9.47 Å². The van der Waals surface area contributed by atoms with Crippen molar-refractivity contribution in [3.8, 4) is 11.5 Å². The normalized spacial score (nSPS) is 13.6. The summed E-state index contributed by atoms with van der Waals surface area (Å²) < 4.78 is 24.8. The van der Waals surface area contributed by atoms with E-state index < -0.39 is 5.82 Å². The van der Waals surface area contributed by atoms with E-state index in [-0.39, 0.29) is 28.1 Å². The van der Waals surface area contributed by atoms with Gasteiger partial charge in [0.25, 0.3) is 0 Å². The summed E-state index contributed by atoms with van der Waals surface area (Å²) in [6.45, 7) is 0.752. The van der Waals surface area contributed by atoms with Gasteiger partial charge in [0.1, 0.15) is 18.8 Å². The highest BCUT2D eigenvalue weighted by Gasteiger charge is 2.26. The summed E-state index contributed by atoms with van der Waals surface area (Å²) in [6.07, 6.45) is 0. The summed E-state index contributed by atoms with van der Waals surface area (Å²) >= 11 is 3.06. The van der Waals surface area contributed by atoms with E-state index in [2.05, 4.69) is 21.2 Å². The molecule has 2 rings (SSSR count). The van der Waals surface area contributed by atoms with Gasteiger partial charge in [-0.2, -0.15) is 0 Å². The molecule has 92 valence electrons. The van der Waals surface area contributed by atoms with Crippen molar-refractivity contribution in [2.45, 2.75) is 0 Å². The number of Topliss-reactive ketones (excluding diaryl/α,β-unsaturated/α-hetero) is 1. The molecule has 1 aliphatic heterocycles. The van der Waals surface area contributed by atoms with Crippen LogP contribution in [0.5, 0.6) is 11.5 Å². The molecule has 0 unspecified atom stereocenters. The Hall–Kier alpha value is -1.14. The zero-order chi connectivity index (χ0) is 12.4. The molecule has 0 saturated heterocycles. The van der Waals surface area contributed by atoms with E-state index in [1.54, 1.807) is 7.05 Å². The van der Waals surface area contributed by atoms with Gasteiger partial charge in [0.15, 0.2) is 23.1 Å². The fourth-order valence-corrected chi connectivity index (χ4v) is 2.04. The summed E-state index contributed by atoms with van der Waals surface area (Å²) in [6, 6.07) is 1.47. The third kappa shape index (κ3) is 2.28. The molecule has 0 amide bonds. The highest BCUT2D eigenvalue weighted by atomic mass is 79.9. The van der Waals surface area contributed by atoms with Crippen LogP contribution < -0.4 is 14.8 Å². The third-order valence-electron chi connectivity index (χ3n) is 2.34. The molecule has 1 N–H and O–H groups in total. The van der Waals surface area contributed by atoms with Crippen molar-refractivity contribution < 1.29 is 18.7 Å². The van der Waals surface area contributed by atoms with Crippen LogP contribution in [0.2, 0.25) is 0 Å². The van der Waals surface area contributed by atoms with Gasteiger partial charge in [0, 0.05) is 6.07 Å². The summed E-state index contributed by atoms with van der Waals surface area (Å²) in [7, 11) is 1.62. The Labute approximate surface area is 106 Å². The van der Waals surface area contributed by atoms with Crippen LogP contribution >= 0.6 is 15.9 Å². The topological polar surface area (TPSA) is 47.6 Å². The molecule has 4 nitrogen and oxygen atoms in total. The van der Waals surface area contributed by atoms with Gasteiger partial charge in [0.05, 0.1) is 11.0 Å². The quantitative estimate of drug-likeness (QED) is 0.865. The number of nitrogens with one attached hydrogen (secondary N) is 1. The van der Waals surface area contributed by atoms with Crippen molar-refractivity contribution in [2.75, 3.05) is 26.8 Å². The molecule has 0 saturated carbocycles. The lowest BCUT2D eigenvalue weighted by Crippen LogP contribution is -2.23. The zero-order valence-corrected chi connectivity index (χ0v) is 10.8. The Bertz CT molecular complexity index is 465. The lowest BCUT2D eigenvalue weighted by molar-refractivity contribution is 0.0977. The fourth-order valence-electron chi connectivity index (χ4n) is 1.63. The maximum atomic E-state index is 13.9. The van der Waals surface area contributed by atoms with Crippen molar-refractivity contribution in [3.63, 3.8) is 0 Å². The van der Waals surface area contributed by atoms with Crippen molar-refractivity contribution in [1.29, 1.82) is 0 Å². The first-order valence-electron chi connectivity index (χ1n) is 5.10. The number of rotatable bonds is 3. The van der Waals surface area contributed by atoms with Crippen LogP contribution in [-0.4, -0.2) is 32.6 Å². The third-order valence-corrected chi connectivity index (χ3v) is 2.92. The second kappa shape index (κ2) is 5.01. The predicted molar refractivity (Wildman–Crippen MR) is 63.3 cm³/mol. The van der Waals surface area contributed by atoms with E-state index in [9.17, 15) is 9.18 Å². The SMILES string of the molecule is CNCC(=O)c1c(F)c(Br)cc2c1OCCO2. The van der Waals surface area contributed by atoms with Gasteiger partial charge in [-0.15, -0.1) is 0 Å². The van der Waals surface area contributed by atoms with Crippen molar-refractivity contribution >= 4 is 21.7 Å². The number of likely N-dealkylation sites (N-methyl/N-ethyl adjacent to an activating group) is 1. The maximum absolute atomic E-state index is 13.9. The number of carbonyl (C=O) groups is 1. The van der Waals surface area contributed by atoms with Crippen molar-refractivity contribution in [2.24, 2.45) is 0 Å². The monoisotopic (exact) mass is 303 g/mol. The van der Waals surface area contributed by atoms with Crippen LogP contribution in [0.4, 0.5) is 4.39 Å². The average molecular weight is 304 g/mol. The van der Waals surface area contributed by atoms with Crippen LogP contribution in [0.15, 0.2) is 10.5 Å². The van der Waals surface area contributed by atoms with Crippen molar-refractivity contribution in [1.82, 2.24) is 5.32 Å². The molecule has 0 bridgehead atoms. The maximum Gasteiger partial charge on any atom is 0.183 e. The van der Waals surface area contributed by atoms with Gasteiger partial charge in [-0.1, -0.05) is 0 Å².